The molecule has 0 radical (unpaired) electrons. The van der Waals surface area contributed by atoms with Crippen molar-refractivity contribution < 1.29 is 4.79 Å². The maximum atomic E-state index is 13.4. The van der Waals surface area contributed by atoms with Crippen LogP contribution < -0.4 is 5.32 Å². The van der Waals surface area contributed by atoms with Crippen LogP contribution in [-0.2, 0) is 0 Å². The van der Waals surface area contributed by atoms with Gasteiger partial charge in [-0.1, -0.05) is 89.9 Å². The summed E-state index contributed by atoms with van der Waals surface area (Å²) in [4.78, 5) is 18.3. The Kier molecular flexibility index (Phi) is 5.30. The number of nitrogens with zero attached hydrogens (tertiary/aromatic N) is 1. The van der Waals surface area contributed by atoms with Crippen LogP contribution in [0.15, 0.2) is 84.9 Å². The third kappa shape index (κ3) is 3.60. The van der Waals surface area contributed by atoms with Gasteiger partial charge in [0.25, 0.3) is 5.91 Å². The summed E-state index contributed by atoms with van der Waals surface area (Å²) in [5.41, 5.74) is 4.19. The lowest BCUT2D eigenvalue weighted by atomic mass is 9.99. The molecule has 0 atom stereocenters. The second kappa shape index (κ2) is 8.27. The zero-order valence-corrected chi connectivity index (χ0v) is 18.7. The smallest absolute Gasteiger partial charge is 0.256 e. The molecular weight excluding hydrogens is 439 g/mol. The summed E-state index contributed by atoms with van der Waals surface area (Å²) in [6.07, 6.45) is 0. The lowest BCUT2D eigenvalue weighted by Crippen LogP contribution is -2.14. The SMILES string of the molecule is Cc1ccc(Cl)c(NC(=O)c2cc(-c3cccc4ccccc34)nc3ccccc23)c1Cl. The fraction of sp³-hybridized carbons (Fsp3) is 0.0370. The minimum Gasteiger partial charge on any atom is -0.319 e. The second-order valence-corrected chi connectivity index (χ2v) is 8.39. The first kappa shape index (κ1) is 20.5. The van der Waals surface area contributed by atoms with Gasteiger partial charge in [0.1, 0.15) is 0 Å². The monoisotopic (exact) mass is 456 g/mol. The van der Waals surface area contributed by atoms with Gasteiger partial charge in [-0.05, 0) is 41.5 Å². The maximum absolute atomic E-state index is 13.4. The summed E-state index contributed by atoms with van der Waals surface area (Å²) in [5.74, 6) is -0.292. The molecule has 0 spiro atoms. The minimum absolute atomic E-state index is 0.292. The highest BCUT2D eigenvalue weighted by Gasteiger charge is 2.18. The number of pyridine rings is 1. The number of rotatable bonds is 3. The molecule has 156 valence electrons. The van der Waals surface area contributed by atoms with Crippen molar-refractivity contribution in [2.24, 2.45) is 0 Å². The zero-order valence-electron chi connectivity index (χ0n) is 17.2. The van der Waals surface area contributed by atoms with Gasteiger partial charge in [0.15, 0.2) is 0 Å². The van der Waals surface area contributed by atoms with Gasteiger partial charge in [-0.15, -0.1) is 0 Å². The van der Waals surface area contributed by atoms with Crippen molar-refractivity contribution in [3.63, 3.8) is 0 Å². The van der Waals surface area contributed by atoms with Crippen LogP contribution >= 0.6 is 23.2 Å². The molecule has 1 heterocycles. The topological polar surface area (TPSA) is 42.0 Å². The zero-order chi connectivity index (χ0) is 22.2. The molecule has 3 nitrogen and oxygen atoms in total. The number of para-hydroxylation sites is 1. The molecule has 0 bridgehead atoms. The molecule has 0 fully saturated rings. The van der Waals surface area contributed by atoms with Crippen molar-refractivity contribution in [1.29, 1.82) is 0 Å². The van der Waals surface area contributed by atoms with E-state index in [4.69, 9.17) is 28.2 Å². The fourth-order valence-corrected chi connectivity index (χ4v) is 4.37. The van der Waals surface area contributed by atoms with Gasteiger partial charge in [-0.3, -0.25) is 4.79 Å². The Bertz CT molecular complexity index is 1510. The van der Waals surface area contributed by atoms with Crippen LogP contribution in [0.1, 0.15) is 15.9 Å². The standard InChI is InChI=1S/C27H18Cl2N2O/c1-16-13-14-22(28)26(25(16)29)31-27(32)21-15-24(30-23-12-5-4-10-20(21)23)19-11-6-8-17-7-2-3-9-18(17)19/h2-15H,1H3,(H,31,32). The Balaban J connectivity index is 1.68. The van der Waals surface area contributed by atoms with Gasteiger partial charge in [0.05, 0.1) is 32.5 Å². The number of carbonyl (C=O) groups excluding carboxylic acids is 1. The van der Waals surface area contributed by atoms with E-state index in [9.17, 15) is 4.79 Å². The molecule has 5 aromatic rings. The normalized spacial score (nSPS) is 11.1. The molecule has 0 aliphatic heterocycles. The van der Waals surface area contributed by atoms with Crippen LogP contribution in [0, 0.1) is 6.92 Å². The summed E-state index contributed by atoms with van der Waals surface area (Å²) in [7, 11) is 0. The Labute approximate surface area is 195 Å². The number of aryl methyl sites for hydroxylation is 1. The summed E-state index contributed by atoms with van der Waals surface area (Å²) < 4.78 is 0. The number of fused-ring (bicyclic) bond motifs is 2. The number of benzene rings is 4. The van der Waals surface area contributed by atoms with Gasteiger partial charge >= 0.3 is 0 Å². The number of amides is 1. The quantitative estimate of drug-likeness (QED) is 0.299. The van der Waals surface area contributed by atoms with Gasteiger partial charge < -0.3 is 5.32 Å². The van der Waals surface area contributed by atoms with E-state index in [0.717, 1.165) is 38.5 Å². The van der Waals surface area contributed by atoms with E-state index < -0.39 is 0 Å². The van der Waals surface area contributed by atoms with E-state index in [0.29, 0.717) is 21.3 Å². The van der Waals surface area contributed by atoms with Gasteiger partial charge in [0, 0.05) is 10.9 Å². The van der Waals surface area contributed by atoms with Crippen molar-refractivity contribution in [3.05, 3.63) is 106 Å². The highest BCUT2D eigenvalue weighted by atomic mass is 35.5. The summed E-state index contributed by atoms with van der Waals surface area (Å²) in [5, 5.41) is 6.68. The summed E-state index contributed by atoms with van der Waals surface area (Å²) in [6, 6.07) is 27.2. The molecule has 1 amide bonds. The predicted octanol–water partition coefficient (Wildman–Crippen LogP) is 7.92. The molecule has 0 aliphatic rings. The van der Waals surface area contributed by atoms with Crippen LogP contribution in [0.5, 0.6) is 0 Å². The molecule has 1 N–H and O–H groups in total. The molecule has 4 aromatic carbocycles. The Morgan fingerprint density at radius 3 is 2.41 bits per heavy atom. The van der Waals surface area contributed by atoms with Gasteiger partial charge in [-0.25, -0.2) is 4.98 Å². The van der Waals surface area contributed by atoms with Crippen LogP contribution in [0.2, 0.25) is 10.0 Å². The molecule has 0 saturated carbocycles. The number of aromatic nitrogens is 1. The first-order chi connectivity index (χ1) is 15.5. The third-order valence-corrected chi connectivity index (χ3v) is 6.35. The molecule has 0 saturated heterocycles. The number of hydrogen-bond acceptors (Lipinski definition) is 2. The molecule has 0 aliphatic carbocycles. The number of nitrogens with one attached hydrogen (secondary N) is 1. The van der Waals surface area contributed by atoms with Crippen LogP contribution in [0.3, 0.4) is 0 Å². The van der Waals surface area contributed by atoms with Crippen LogP contribution in [-0.4, -0.2) is 10.9 Å². The van der Waals surface area contributed by atoms with E-state index in [1.54, 1.807) is 6.07 Å². The van der Waals surface area contributed by atoms with Gasteiger partial charge in [-0.2, -0.15) is 0 Å². The molecule has 5 rings (SSSR count). The molecular formula is C27H18Cl2N2O. The number of halogens is 2. The van der Waals surface area contributed by atoms with E-state index in [-0.39, 0.29) is 5.91 Å². The van der Waals surface area contributed by atoms with E-state index in [1.807, 2.05) is 67.6 Å². The van der Waals surface area contributed by atoms with Crippen molar-refractivity contribution in [2.45, 2.75) is 6.92 Å². The number of carbonyl (C=O) groups is 1. The first-order valence-corrected chi connectivity index (χ1v) is 10.9. The van der Waals surface area contributed by atoms with Crippen LogP contribution in [0.25, 0.3) is 32.9 Å². The van der Waals surface area contributed by atoms with E-state index in [2.05, 4.69) is 23.5 Å². The molecule has 32 heavy (non-hydrogen) atoms. The second-order valence-electron chi connectivity index (χ2n) is 7.61. The number of anilines is 1. The van der Waals surface area contributed by atoms with Crippen molar-refractivity contribution in [3.8, 4) is 11.3 Å². The van der Waals surface area contributed by atoms with Crippen molar-refractivity contribution >= 4 is 56.5 Å². The summed E-state index contributed by atoms with van der Waals surface area (Å²) in [6.45, 7) is 1.87. The Morgan fingerprint density at radius 2 is 1.56 bits per heavy atom. The average Bonchev–Trinajstić information content (AvgIpc) is 2.83. The lowest BCUT2D eigenvalue weighted by Gasteiger charge is -2.14. The fourth-order valence-electron chi connectivity index (χ4n) is 3.90. The van der Waals surface area contributed by atoms with Gasteiger partial charge in [0.2, 0.25) is 0 Å². The molecule has 5 heteroatoms. The molecule has 1 aromatic heterocycles. The van der Waals surface area contributed by atoms with E-state index in [1.165, 1.54) is 0 Å². The first-order valence-electron chi connectivity index (χ1n) is 10.2. The largest absolute Gasteiger partial charge is 0.319 e. The molecule has 0 unspecified atom stereocenters. The maximum Gasteiger partial charge on any atom is 0.256 e. The minimum atomic E-state index is -0.292. The highest BCUT2D eigenvalue weighted by Crippen LogP contribution is 2.35. The van der Waals surface area contributed by atoms with Crippen molar-refractivity contribution in [2.75, 3.05) is 5.32 Å². The number of hydrogen-bond donors (Lipinski definition) is 1. The third-order valence-electron chi connectivity index (χ3n) is 5.55. The van der Waals surface area contributed by atoms with Crippen molar-refractivity contribution in [1.82, 2.24) is 4.98 Å². The van der Waals surface area contributed by atoms with E-state index >= 15 is 0 Å². The van der Waals surface area contributed by atoms with Crippen LogP contribution in [0.4, 0.5) is 5.69 Å². The Morgan fingerprint density at radius 1 is 0.844 bits per heavy atom. The lowest BCUT2D eigenvalue weighted by molar-refractivity contribution is 0.102. The predicted molar refractivity (Wildman–Crippen MR) is 134 cm³/mol. The highest BCUT2D eigenvalue weighted by molar-refractivity contribution is 6.40. The average molecular weight is 457 g/mol. The summed E-state index contributed by atoms with van der Waals surface area (Å²) >= 11 is 12.8. The Hall–Kier alpha value is -3.40.